The van der Waals surface area contributed by atoms with Crippen molar-refractivity contribution in [1.82, 2.24) is 4.98 Å². The molecule has 1 aromatic heterocycles. The molecule has 1 N–H and O–H groups in total. The molecule has 0 saturated heterocycles. The number of hydrogen-bond donors (Lipinski definition) is 1. The van der Waals surface area contributed by atoms with Crippen molar-refractivity contribution in [3.05, 3.63) is 24.1 Å². The average Bonchev–Trinajstić information content (AvgIpc) is 2.57. The third-order valence-corrected chi connectivity index (χ3v) is 2.86. The smallest absolute Gasteiger partial charge is 0.141 e. The van der Waals surface area contributed by atoms with Crippen molar-refractivity contribution in [3.63, 3.8) is 0 Å². The SMILES string of the molecule is CC1(Nc2ccc(F)cn2)CCCC1. The fraction of sp³-hybridized carbons (Fsp3) is 0.545. The van der Waals surface area contributed by atoms with Crippen LogP contribution in [0.4, 0.5) is 10.2 Å². The summed E-state index contributed by atoms with van der Waals surface area (Å²) in [7, 11) is 0. The van der Waals surface area contributed by atoms with Gasteiger partial charge in [0.1, 0.15) is 11.6 Å². The first-order chi connectivity index (χ1) is 6.68. The van der Waals surface area contributed by atoms with E-state index in [1.165, 1.54) is 37.9 Å². The van der Waals surface area contributed by atoms with Crippen molar-refractivity contribution in [1.29, 1.82) is 0 Å². The quantitative estimate of drug-likeness (QED) is 0.782. The highest BCUT2D eigenvalue weighted by molar-refractivity contribution is 5.37. The lowest BCUT2D eigenvalue weighted by Gasteiger charge is -2.25. The lowest BCUT2D eigenvalue weighted by atomic mass is 10.0. The molecular formula is C11H15FN2. The van der Waals surface area contributed by atoms with Crippen LogP contribution >= 0.6 is 0 Å². The minimum Gasteiger partial charge on any atom is -0.365 e. The molecule has 0 spiro atoms. The standard InChI is InChI=1S/C11H15FN2/c1-11(6-2-3-7-11)14-10-5-4-9(12)8-13-10/h4-5,8H,2-3,6-7H2,1H3,(H,13,14). The van der Waals surface area contributed by atoms with Gasteiger partial charge in [-0.3, -0.25) is 0 Å². The molecular weight excluding hydrogens is 179 g/mol. The third kappa shape index (κ3) is 2.03. The fourth-order valence-electron chi connectivity index (χ4n) is 2.04. The number of hydrogen-bond acceptors (Lipinski definition) is 2. The lowest BCUT2D eigenvalue weighted by molar-refractivity contribution is 0.530. The van der Waals surface area contributed by atoms with Crippen LogP contribution in [0.5, 0.6) is 0 Å². The van der Waals surface area contributed by atoms with Crippen molar-refractivity contribution >= 4 is 5.82 Å². The molecule has 2 rings (SSSR count). The molecule has 1 aliphatic carbocycles. The van der Waals surface area contributed by atoms with Crippen LogP contribution in [-0.4, -0.2) is 10.5 Å². The van der Waals surface area contributed by atoms with Gasteiger partial charge in [0, 0.05) is 5.54 Å². The van der Waals surface area contributed by atoms with E-state index in [1.54, 1.807) is 6.07 Å². The van der Waals surface area contributed by atoms with Gasteiger partial charge < -0.3 is 5.32 Å². The molecule has 3 heteroatoms. The highest BCUT2D eigenvalue weighted by atomic mass is 19.1. The maximum atomic E-state index is 12.6. The summed E-state index contributed by atoms with van der Waals surface area (Å²) in [4.78, 5) is 4.00. The Morgan fingerprint density at radius 1 is 1.36 bits per heavy atom. The van der Waals surface area contributed by atoms with E-state index in [2.05, 4.69) is 17.2 Å². The monoisotopic (exact) mass is 194 g/mol. The van der Waals surface area contributed by atoms with E-state index < -0.39 is 0 Å². The van der Waals surface area contributed by atoms with Gasteiger partial charge in [-0.15, -0.1) is 0 Å². The van der Waals surface area contributed by atoms with Gasteiger partial charge in [0.25, 0.3) is 0 Å². The number of nitrogens with zero attached hydrogens (tertiary/aromatic N) is 1. The second kappa shape index (κ2) is 3.56. The van der Waals surface area contributed by atoms with E-state index in [9.17, 15) is 4.39 Å². The molecule has 0 aliphatic heterocycles. The maximum Gasteiger partial charge on any atom is 0.141 e. The van der Waals surface area contributed by atoms with Crippen LogP contribution in [0.1, 0.15) is 32.6 Å². The Morgan fingerprint density at radius 2 is 2.07 bits per heavy atom. The molecule has 1 aromatic rings. The van der Waals surface area contributed by atoms with Gasteiger partial charge in [-0.25, -0.2) is 9.37 Å². The van der Waals surface area contributed by atoms with E-state index in [4.69, 9.17) is 0 Å². The number of anilines is 1. The summed E-state index contributed by atoms with van der Waals surface area (Å²) in [5, 5.41) is 3.37. The zero-order valence-electron chi connectivity index (χ0n) is 8.39. The molecule has 0 amide bonds. The average molecular weight is 194 g/mol. The normalized spacial score (nSPS) is 19.6. The summed E-state index contributed by atoms with van der Waals surface area (Å²) < 4.78 is 12.6. The number of rotatable bonds is 2. The molecule has 0 radical (unpaired) electrons. The number of aromatic nitrogens is 1. The van der Waals surface area contributed by atoms with Crippen molar-refractivity contribution in [2.24, 2.45) is 0 Å². The lowest BCUT2D eigenvalue weighted by Crippen LogP contribution is -2.31. The predicted octanol–water partition coefficient (Wildman–Crippen LogP) is 2.97. The summed E-state index contributed by atoms with van der Waals surface area (Å²) >= 11 is 0. The summed E-state index contributed by atoms with van der Waals surface area (Å²) in [6, 6.07) is 3.13. The Balaban J connectivity index is 2.06. The molecule has 1 fully saturated rings. The van der Waals surface area contributed by atoms with Crippen LogP contribution < -0.4 is 5.32 Å². The van der Waals surface area contributed by atoms with E-state index in [1.807, 2.05) is 0 Å². The minimum atomic E-state index is -0.285. The minimum absolute atomic E-state index is 0.158. The maximum absolute atomic E-state index is 12.6. The Morgan fingerprint density at radius 3 is 2.64 bits per heavy atom. The van der Waals surface area contributed by atoms with Crippen LogP contribution in [-0.2, 0) is 0 Å². The van der Waals surface area contributed by atoms with Gasteiger partial charge in [-0.1, -0.05) is 12.8 Å². The molecule has 1 saturated carbocycles. The van der Waals surface area contributed by atoms with Crippen LogP contribution in [0.15, 0.2) is 18.3 Å². The van der Waals surface area contributed by atoms with Crippen LogP contribution in [0.3, 0.4) is 0 Å². The largest absolute Gasteiger partial charge is 0.365 e. The fourth-order valence-corrected chi connectivity index (χ4v) is 2.04. The Labute approximate surface area is 83.6 Å². The van der Waals surface area contributed by atoms with Gasteiger partial charge in [0.2, 0.25) is 0 Å². The first kappa shape index (κ1) is 9.44. The van der Waals surface area contributed by atoms with Gasteiger partial charge in [-0.05, 0) is 31.9 Å². The van der Waals surface area contributed by atoms with E-state index in [-0.39, 0.29) is 11.4 Å². The molecule has 0 bridgehead atoms. The summed E-state index contributed by atoms with van der Waals surface area (Å²) in [6.45, 7) is 2.20. The second-order valence-electron chi connectivity index (χ2n) is 4.25. The van der Waals surface area contributed by atoms with E-state index in [0.29, 0.717) is 0 Å². The van der Waals surface area contributed by atoms with Crippen LogP contribution in [0.2, 0.25) is 0 Å². The van der Waals surface area contributed by atoms with Crippen LogP contribution in [0.25, 0.3) is 0 Å². The first-order valence-corrected chi connectivity index (χ1v) is 5.08. The molecule has 1 heterocycles. The van der Waals surface area contributed by atoms with Crippen molar-refractivity contribution in [2.45, 2.75) is 38.1 Å². The molecule has 0 atom stereocenters. The molecule has 0 unspecified atom stereocenters. The van der Waals surface area contributed by atoms with E-state index >= 15 is 0 Å². The number of halogens is 1. The van der Waals surface area contributed by atoms with Crippen molar-refractivity contribution in [3.8, 4) is 0 Å². The van der Waals surface area contributed by atoms with Crippen molar-refractivity contribution < 1.29 is 4.39 Å². The third-order valence-electron chi connectivity index (χ3n) is 2.86. The second-order valence-corrected chi connectivity index (χ2v) is 4.25. The Kier molecular flexibility index (Phi) is 2.40. The predicted molar refractivity (Wildman–Crippen MR) is 54.7 cm³/mol. The summed E-state index contributed by atoms with van der Waals surface area (Å²) in [5.74, 6) is 0.489. The topological polar surface area (TPSA) is 24.9 Å². The summed E-state index contributed by atoms with van der Waals surface area (Å²) in [5.41, 5.74) is 0.158. The zero-order chi connectivity index (χ0) is 10.0. The van der Waals surface area contributed by atoms with E-state index in [0.717, 1.165) is 5.82 Å². The van der Waals surface area contributed by atoms with Crippen molar-refractivity contribution in [2.75, 3.05) is 5.32 Å². The number of pyridine rings is 1. The Hall–Kier alpha value is -1.12. The molecule has 2 nitrogen and oxygen atoms in total. The first-order valence-electron chi connectivity index (χ1n) is 5.08. The van der Waals surface area contributed by atoms with Gasteiger partial charge >= 0.3 is 0 Å². The Bertz CT molecular complexity index is 302. The molecule has 76 valence electrons. The summed E-state index contributed by atoms with van der Waals surface area (Å²) in [6.07, 6.45) is 6.13. The molecule has 14 heavy (non-hydrogen) atoms. The highest BCUT2D eigenvalue weighted by Crippen LogP contribution is 2.31. The van der Waals surface area contributed by atoms with Crippen LogP contribution in [0, 0.1) is 5.82 Å². The van der Waals surface area contributed by atoms with Gasteiger partial charge in [-0.2, -0.15) is 0 Å². The highest BCUT2D eigenvalue weighted by Gasteiger charge is 2.28. The number of nitrogens with one attached hydrogen (secondary N) is 1. The molecule has 0 aromatic carbocycles. The molecule has 1 aliphatic rings. The van der Waals surface area contributed by atoms with Gasteiger partial charge in [0.15, 0.2) is 0 Å². The zero-order valence-corrected chi connectivity index (χ0v) is 8.39. The van der Waals surface area contributed by atoms with Gasteiger partial charge in [0.05, 0.1) is 6.20 Å².